The summed E-state index contributed by atoms with van der Waals surface area (Å²) in [5.41, 5.74) is -0.895. The van der Waals surface area contributed by atoms with Gasteiger partial charge < -0.3 is 14.4 Å². The summed E-state index contributed by atoms with van der Waals surface area (Å²) < 4.78 is 33.6. The maximum absolute atomic E-state index is 12.0. The summed E-state index contributed by atoms with van der Waals surface area (Å²) in [4.78, 5) is 9.81. The van der Waals surface area contributed by atoms with Crippen LogP contribution in [0.25, 0.3) is 0 Å². The van der Waals surface area contributed by atoms with Crippen molar-refractivity contribution in [2.75, 3.05) is 6.61 Å². The Morgan fingerprint density at radius 2 is 2.00 bits per heavy atom. The van der Waals surface area contributed by atoms with E-state index in [0.29, 0.717) is 13.0 Å². The monoisotopic (exact) mass is 308 g/mol. The average molecular weight is 308 g/mol. The molecule has 1 rings (SSSR count). The number of hydrogen-bond donors (Lipinski definition) is 1. The van der Waals surface area contributed by atoms with Crippen molar-refractivity contribution in [1.29, 1.82) is 0 Å². The van der Waals surface area contributed by atoms with Crippen molar-refractivity contribution in [3.05, 3.63) is 0 Å². The van der Waals surface area contributed by atoms with Crippen molar-refractivity contribution in [3.63, 3.8) is 0 Å². The fourth-order valence-corrected chi connectivity index (χ4v) is 3.61. The fraction of sp³-hybridized carbons (Fsp3) is 1.00. The van der Waals surface area contributed by atoms with Gasteiger partial charge in [0, 0.05) is 6.00 Å². The molecule has 118 valence electrons. The highest BCUT2D eigenvalue weighted by molar-refractivity contribution is 7.47. The zero-order chi connectivity index (χ0) is 15.6. The molecule has 0 bridgehead atoms. The predicted octanol–water partition coefficient (Wildman–Crippen LogP) is 1.46. The summed E-state index contributed by atoms with van der Waals surface area (Å²) in [6, 6.07) is -0.0557. The summed E-state index contributed by atoms with van der Waals surface area (Å²) in [5, 5.41) is 0. The molecule has 6 nitrogen and oxygen atoms in total. The van der Waals surface area contributed by atoms with Gasteiger partial charge in [-0.1, -0.05) is 0 Å². The Balaban J connectivity index is 2.74. The molecule has 0 aromatic heterocycles. The van der Waals surface area contributed by atoms with Crippen LogP contribution in [0.5, 0.6) is 0 Å². The van der Waals surface area contributed by atoms with E-state index in [1.807, 2.05) is 21.7 Å². The number of phosphoric acid groups is 1. The second-order valence-electron chi connectivity index (χ2n) is 6.05. The lowest BCUT2D eigenvalue weighted by molar-refractivity contribution is -0.0825. The molecular formula is C12H26BO6P. The highest BCUT2D eigenvalue weighted by Crippen LogP contribution is 2.52. The highest BCUT2D eigenvalue weighted by atomic mass is 31.2. The van der Waals surface area contributed by atoms with Crippen molar-refractivity contribution < 1.29 is 28.0 Å². The summed E-state index contributed by atoms with van der Waals surface area (Å²) >= 11 is 0. The molecule has 1 aliphatic rings. The molecule has 1 unspecified atom stereocenters. The van der Waals surface area contributed by atoms with E-state index in [-0.39, 0.29) is 18.2 Å². The van der Waals surface area contributed by atoms with Crippen LogP contribution < -0.4 is 0 Å². The van der Waals surface area contributed by atoms with Crippen LogP contribution in [-0.2, 0) is 23.1 Å². The van der Waals surface area contributed by atoms with E-state index in [2.05, 4.69) is 0 Å². The van der Waals surface area contributed by atoms with Gasteiger partial charge in [-0.3, -0.25) is 9.05 Å². The van der Waals surface area contributed by atoms with Crippen LogP contribution in [0.2, 0.25) is 0 Å². The molecular weight excluding hydrogens is 282 g/mol. The number of rotatable bonds is 7. The summed E-state index contributed by atoms with van der Waals surface area (Å²) in [6.45, 7) is 9.30. The van der Waals surface area contributed by atoms with Crippen LogP contribution in [0.4, 0.5) is 0 Å². The first kappa shape index (κ1) is 18.1. The molecule has 1 N–H and O–H groups in total. The molecule has 0 aromatic rings. The maximum Gasteiger partial charge on any atom is 0.473 e. The molecule has 1 fully saturated rings. The molecule has 0 aliphatic carbocycles. The second-order valence-corrected chi connectivity index (χ2v) is 7.38. The van der Waals surface area contributed by atoms with E-state index in [1.165, 1.54) is 0 Å². The number of hydrogen-bond acceptors (Lipinski definition) is 5. The molecule has 0 spiro atoms. The Kier molecular flexibility index (Phi) is 6.26. The summed E-state index contributed by atoms with van der Waals surface area (Å²) in [7, 11) is -2.20. The van der Waals surface area contributed by atoms with Gasteiger partial charge in [-0.2, -0.15) is 0 Å². The van der Waals surface area contributed by atoms with Gasteiger partial charge in [0.2, 0.25) is 0 Å². The van der Waals surface area contributed by atoms with Crippen molar-refractivity contribution in [2.45, 2.75) is 71.0 Å². The number of ether oxygens (including phenoxy) is 2. The van der Waals surface area contributed by atoms with Crippen LogP contribution in [-0.4, -0.2) is 49.3 Å². The van der Waals surface area contributed by atoms with E-state index < -0.39 is 19.5 Å². The molecule has 0 aromatic carbocycles. The first-order valence-corrected chi connectivity index (χ1v) is 8.52. The minimum Gasteiger partial charge on any atom is -0.378 e. The lowest BCUT2D eigenvalue weighted by Crippen LogP contribution is -2.41. The third-order valence-electron chi connectivity index (χ3n) is 3.02. The van der Waals surface area contributed by atoms with Crippen LogP contribution >= 0.6 is 7.82 Å². The minimum atomic E-state index is -4.11. The standard InChI is InChI=1S/C12H26BO6P/c1-8(2)16-7-10-12(5,6-11(13)17-10)19-20(14,15)18-9(3)4/h8-11H,6-7,13H2,1-5H3,(H,14,15)/t10-,11-,12+/m1/s1. The van der Waals surface area contributed by atoms with E-state index in [1.54, 1.807) is 20.8 Å². The molecule has 20 heavy (non-hydrogen) atoms. The van der Waals surface area contributed by atoms with Gasteiger partial charge in [0.25, 0.3) is 0 Å². The predicted molar refractivity (Wildman–Crippen MR) is 78.4 cm³/mol. The third-order valence-corrected chi connectivity index (χ3v) is 4.36. The SMILES string of the molecule is B[C@H]1C[C@](C)(OP(=O)(O)OC(C)C)[C@@H](COC(C)C)O1. The van der Waals surface area contributed by atoms with Gasteiger partial charge in [0.1, 0.15) is 19.6 Å². The molecule has 8 heteroatoms. The van der Waals surface area contributed by atoms with Crippen molar-refractivity contribution in [3.8, 4) is 0 Å². The lowest BCUT2D eigenvalue weighted by atomic mass is 9.89. The Morgan fingerprint density at radius 1 is 1.40 bits per heavy atom. The Bertz CT molecular complexity index is 364. The van der Waals surface area contributed by atoms with Crippen LogP contribution in [0.1, 0.15) is 41.0 Å². The van der Waals surface area contributed by atoms with Gasteiger partial charge in [-0.25, -0.2) is 4.57 Å². The van der Waals surface area contributed by atoms with E-state index >= 15 is 0 Å². The van der Waals surface area contributed by atoms with Crippen molar-refractivity contribution in [1.82, 2.24) is 0 Å². The quantitative estimate of drug-likeness (QED) is 0.567. The molecule has 0 radical (unpaired) electrons. The minimum absolute atomic E-state index is 0.0557. The topological polar surface area (TPSA) is 74.2 Å². The largest absolute Gasteiger partial charge is 0.473 e. The summed E-state index contributed by atoms with van der Waals surface area (Å²) in [5.74, 6) is 0. The van der Waals surface area contributed by atoms with Crippen LogP contribution in [0.3, 0.4) is 0 Å². The van der Waals surface area contributed by atoms with Gasteiger partial charge >= 0.3 is 7.82 Å². The van der Waals surface area contributed by atoms with E-state index in [4.69, 9.17) is 18.5 Å². The van der Waals surface area contributed by atoms with Gasteiger partial charge in [-0.15, -0.1) is 0 Å². The third kappa shape index (κ3) is 5.47. The average Bonchev–Trinajstić information content (AvgIpc) is 2.46. The summed E-state index contributed by atoms with van der Waals surface area (Å²) in [6.07, 6.45) is -0.201. The zero-order valence-electron chi connectivity index (χ0n) is 13.2. The maximum atomic E-state index is 12.0. The first-order valence-electron chi connectivity index (χ1n) is 7.03. The molecule has 1 heterocycles. The second kappa shape index (κ2) is 6.90. The molecule has 1 aliphatic heterocycles. The molecule has 0 amide bonds. The lowest BCUT2D eigenvalue weighted by Gasteiger charge is -2.32. The fourth-order valence-electron chi connectivity index (χ4n) is 2.32. The van der Waals surface area contributed by atoms with Crippen molar-refractivity contribution >= 4 is 15.7 Å². The van der Waals surface area contributed by atoms with E-state index in [0.717, 1.165) is 0 Å². The van der Waals surface area contributed by atoms with Gasteiger partial charge in [0.05, 0.1) is 18.8 Å². The Morgan fingerprint density at radius 3 is 2.50 bits per heavy atom. The van der Waals surface area contributed by atoms with Gasteiger partial charge in [0.15, 0.2) is 0 Å². The molecule has 1 saturated heterocycles. The van der Waals surface area contributed by atoms with Crippen LogP contribution in [0.15, 0.2) is 0 Å². The molecule has 0 saturated carbocycles. The molecule has 4 atom stereocenters. The van der Waals surface area contributed by atoms with E-state index in [9.17, 15) is 9.46 Å². The van der Waals surface area contributed by atoms with Crippen molar-refractivity contribution in [2.24, 2.45) is 0 Å². The normalized spacial score (nSPS) is 33.8. The Labute approximate surface area is 122 Å². The first-order chi connectivity index (χ1) is 9.04. The van der Waals surface area contributed by atoms with Gasteiger partial charge in [-0.05, 0) is 41.0 Å². The van der Waals surface area contributed by atoms with Crippen LogP contribution in [0, 0.1) is 0 Å². The zero-order valence-corrected chi connectivity index (χ0v) is 14.1. The highest BCUT2D eigenvalue weighted by Gasteiger charge is 2.49. The Hall–Kier alpha value is 0.0949. The smallest absolute Gasteiger partial charge is 0.378 e. The number of phosphoric ester groups is 1.